The lowest BCUT2D eigenvalue weighted by atomic mass is 10.1. The molecule has 7 heteroatoms. The number of rotatable bonds is 5. The van der Waals surface area contributed by atoms with Gasteiger partial charge >= 0.3 is 5.97 Å². The first-order chi connectivity index (χ1) is 12.2. The smallest absolute Gasteiger partial charge is 0.338 e. The molecule has 0 aliphatic carbocycles. The van der Waals surface area contributed by atoms with Crippen LogP contribution in [-0.2, 0) is 9.53 Å². The van der Waals surface area contributed by atoms with E-state index in [9.17, 15) is 14.4 Å². The van der Waals surface area contributed by atoms with Crippen LogP contribution in [-0.4, -0.2) is 29.9 Å². The Bertz CT molecular complexity index is 804. The molecular weight excluding hydrogens is 336 g/mol. The first kappa shape index (κ1) is 19.2. The van der Waals surface area contributed by atoms with Gasteiger partial charge in [0.15, 0.2) is 12.4 Å². The van der Waals surface area contributed by atoms with Crippen LogP contribution in [0, 0.1) is 6.92 Å². The third kappa shape index (κ3) is 5.47. The number of carbonyl (C=O) groups is 3. The topological polar surface area (TPSA) is 97.6 Å². The molecule has 0 aliphatic heterocycles. The molecule has 0 radical (unpaired) electrons. The maximum atomic E-state index is 12.2. The minimum atomic E-state index is -0.650. The quantitative estimate of drug-likeness (QED) is 0.801. The number of benzene rings is 1. The number of aryl methyl sites for hydroxylation is 1. The number of amides is 2. The molecule has 138 valence electrons. The summed E-state index contributed by atoms with van der Waals surface area (Å²) in [5, 5.41) is 5.39. The lowest BCUT2D eigenvalue weighted by Crippen LogP contribution is -2.42. The SMILES string of the molecule is Cc1ccc(C(=O)OCC(=O)NC(C)(C)C)cc1NC(=O)c1ccco1. The van der Waals surface area contributed by atoms with Crippen LogP contribution >= 0.6 is 0 Å². The Morgan fingerprint density at radius 3 is 2.50 bits per heavy atom. The van der Waals surface area contributed by atoms with Gasteiger partial charge in [-0.1, -0.05) is 6.07 Å². The van der Waals surface area contributed by atoms with Crippen molar-refractivity contribution in [2.75, 3.05) is 11.9 Å². The Kier molecular flexibility index (Phi) is 5.82. The lowest BCUT2D eigenvalue weighted by molar-refractivity contribution is -0.125. The first-order valence-electron chi connectivity index (χ1n) is 8.09. The molecular formula is C19H22N2O5. The zero-order valence-corrected chi connectivity index (χ0v) is 15.2. The van der Waals surface area contributed by atoms with Gasteiger partial charge in [0.2, 0.25) is 0 Å². The van der Waals surface area contributed by atoms with E-state index in [0.29, 0.717) is 5.69 Å². The summed E-state index contributed by atoms with van der Waals surface area (Å²) in [6.45, 7) is 6.92. The van der Waals surface area contributed by atoms with Crippen molar-refractivity contribution in [3.05, 3.63) is 53.5 Å². The second-order valence-electron chi connectivity index (χ2n) is 6.84. The van der Waals surface area contributed by atoms with E-state index in [1.54, 1.807) is 25.1 Å². The van der Waals surface area contributed by atoms with Crippen LogP contribution in [0.2, 0.25) is 0 Å². The minimum Gasteiger partial charge on any atom is -0.459 e. The largest absolute Gasteiger partial charge is 0.459 e. The van der Waals surface area contributed by atoms with E-state index in [1.807, 2.05) is 20.8 Å². The summed E-state index contributed by atoms with van der Waals surface area (Å²) in [6, 6.07) is 7.90. The number of carbonyl (C=O) groups excluding carboxylic acids is 3. The van der Waals surface area contributed by atoms with Crippen molar-refractivity contribution in [1.82, 2.24) is 5.32 Å². The van der Waals surface area contributed by atoms with E-state index >= 15 is 0 Å². The molecule has 0 fully saturated rings. The molecule has 0 bridgehead atoms. The summed E-state index contributed by atoms with van der Waals surface area (Å²) in [5.74, 6) is -1.30. The molecule has 2 amide bonds. The summed E-state index contributed by atoms with van der Waals surface area (Å²) in [4.78, 5) is 36.0. The third-order valence-electron chi connectivity index (χ3n) is 3.32. The minimum absolute atomic E-state index is 0.163. The van der Waals surface area contributed by atoms with Crippen molar-refractivity contribution in [1.29, 1.82) is 0 Å². The number of esters is 1. The third-order valence-corrected chi connectivity index (χ3v) is 3.32. The van der Waals surface area contributed by atoms with Gasteiger partial charge in [-0.2, -0.15) is 0 Å². The van der Waals surface area contributed by atoms with Gasteiger partial charge in [-0.3, -0.25) is 9.59 Å². The first-order valence-corrected chi connectivity index (χ1v) is 8.09. The fourth-order valence-electron chi connectivity index (χ4n) is 2.14. The highest BCUT2D eigenvalue weighted by Crippen LogP contribution is 2.19. The zero-order chi connectivity index (χ0) is 19.3. The molecule has 0 atom stereocenters. The van der Waals surface area contributed by atoms with Crippen molar-refractivity contribution in [3.8, 4) is 0 Å². The Balaban J connectivity index is 2.02. The van der Waals surface area contributed by atoms with Gasteiger partial charge in [0, 0.05) is 11.2 Å². The van der Waals surface area contributed by atoms with Crippen LogP contribution in [0.4, 0.5) is 5.69 Å². The second kappa shape index (κ2) is 7.86. The second-order valence-corrected chi connectivity index (χ2v) is 6.84. The number of hydrogen-bond donors (Lipinski definition) is 2. The predicted octanol–water partition coefficient (Wildman–Crippen LogP) is 2.91. The summed E-state index contributed by atoms with van der Waals surface area (Å²) >= 11 is 0. The molecule has 0 saturated heterocycles. The van der Waals surface area contributed by atoms with Crippen molar-refractivity contribution < 1.29 is 23.5 Å². The van der Waals surface area contributed by atoms with Gasteiger partial charge in [0.05, 0.1) is 11.8 Å². The van der Waals surface area contributed by atoms with E-state index in [0.717, 1.165) is 5.56 Å². The standard InChI is InChI=1S/C19H22N2O5/c1-12-7-8-13(18(24)26-11-16(22)21-19(2,3)4)10-14(12)20-17(23)15-6-5-9-25-15/h5-10H,11H2,1-4H3,(H,20,23)(H,21,22). The maximum absolute atomic E-state index is 12.2. The van der Waals surface area contributed by atoms with Gasteiger partial charge < -0.3 is 19.8 Å². The Morgan fingerprint density at radius 2 is 1.88 bits per heavy atom. The van der Waals surface area contributed by atoms with E-state index in [2.05, 4.69) is 10.6 Å². The number of hydrogen-bond acceptors (Lipinski definition) is 5. The van der Waals surface area contributed by atoms with Gasteiger partial charge in [-0.05, 0) is 57.5 Å². The number of nitrogens with one attached hydrogen (secondary N) is 2. The highest BCUT2D eigenvalue weighted by Gasteiger charge is 2.17. The predicted molar refractivity (Wildman–Crippen MR) is 96.0 cm³/mol. The maximum Gasteiger partial charge on any atom is 0.338 e. The summed E-state index contributed by atoms with van der Waals surface area (Å²) in [5.41, 5.74) is 1.05. The van der Waals surface area contributed by atoms with Gasteiger partial charge in [0.1, 0.15) is 0 Å². The van der Waals surface area contributed by atoms with E-state index in [1.165, 1.54) is 18.4 Å². The molecule has 0 aliphatic rings. The van der Waals surface area contributed by atoms with Gasteiger partial charge in [0.25, 0.3) is 11.8 Å². The molecule has 0 spiro atoms. The van der Waals surface area contributed by atoms with Crippen LogP contribution in [0.25, 0.3) is 0 Å². The Labute approximate surface area is 151 Å². The lowest BCUT2D eigenvalue weighted by Gasteiger charge is -2.20. The summed E-state index contributed by atoms with van der Waals surface area (Å²) in [6.07, 6.45) is 1.40. The molecule has 26 heavy (non-hydrogen) atoms. The van der Waals surface area contributed by atoms with Gasteiger partial charge in [-0.25, -0.2) is 4.79 Å². The molecule has 7 nitrogen and oxygen atoms in total. The van der Waals surface area contributed by atoms with Crippen molar-refractivity contribution in [2.24, 2.45) is 0 Å². The fourth-order valence-corrected chi connectivity index (χ4v) is 2.14. The van der Waals surface area contributed by atoms with E-state index in [4.69, 9.17) is 9.15 Å². The Hall–Kier alpha value is -3.09. The summed E-state index contributed by atoms with van der Waals surface area (Å²) in [7, 11) is 0. The number of anilines is 1. The normalized spacial score (nSPS) is 10.9. The number of furan rings is 1. The summed E-state index contributed by atoms with van der Waals surface area (Å²) < 4.78 is 10.1. The molecule has 2 aromatic rings. The van der Waals surface area contributed by atoms with Crippen LogP contribution in [0.3, 0.4) is 0 Å². The highest BCUT2D eigenvalue weighted by molar-refractivity contribution is 6.03. The molecule has 2 rings (SSSR count). The van der Waals surface area contributed by atoms with Crippen molar-refractivity contribution >= 4 is 23.5 Å². The van der Waals surface area contributed by atoms with E-state index in [-0.39, 0.29) is 23.8 Å². The van der Waals surface area contributed by atoms with Crippen LogP contribution in [0.5, 0.6) is 0 Å². The molecule has 1 heterocycles. The molecule has 1 aromatic carbocycles. The van der Waals surface area contributed by atoms with Gasteiger partial charge in [-0.15, -0.1) is 0 Å². The Morgan fingerprint density at radius 1 is 1.15 bits per heavy atom. The zero-order valence-electron chi connectivity index (χ0n) is 15.2. The highest BCUT2D eigenvalue weighted by atomic mass is 16.5. The fraction of sp³-hybridized carbons (Fsp3) is 0.316. The van der Waals surface area contributed by atoms with Crippen LogP contribution in [0.1, 0.15) is 47.2 Å². The molecule has 1 aromatic heterocycles. The number of ether oxygens (including phenoxy) is 1. The average molecular weight is 358 g/mol. The van der Waals surface area contributed by atoms with Crippen LogP contribution < -0.4 is 10.6 Å². The average Bonchev–Trinajstić information content (AvgIpc) is 3.07. The molecule has 0 saturated carbocycles. The van der Waals surface area contributed by atoms with Crippen LogP contribution in [0.15, 0.2) is 41.0 Å². The molecule has 2 N–H and O–H groups in total. The monoisotopic (exact) mass is 358 g/mol. The van der Waals surface area contributed by atoms with E-state index < -0.39 is 17.4 Å². The van der Waals surface area contributed by atoms with Crippen molar-refractivity contribution in [2.45, 2.75) is 33.2 Å². The molecule has 0 unspecified atom stereocenters. The van der Waals surface area contributed by atoms with Crippen molar-refractivity contribution in [3.63, 3.8) is 0 Å².